The van der Waals surface area contributed by atoms with Crippen LogP contribution in [-0.2, 0) is 19.1 Å². The minimum atomic E-state index is -0.252. The van der Waals surface area contributed by atoms with Crippen molar-refractivity contribution in [3.8, 4) is 0 Å². The van der Waals surface area contributed by atoms with E-state index in [0.717, 1.165) is 6.42 Å². The Kier molecular flexibility index (Phi) is 8.89. The van der Waals surface area contributed by atoms with Gasteiger partial charge >= 0.3 is 0 Å². The van der Waals surface area contributed by atoms with Crippen LogP contribution >= 0.6 is 11.6 Å². The summed E-state index contributed by atoms with van der Waals surface area (Å²) >= 11 is 5.92. The molecule has 1 atom stereocenters. The number of carbonyl (C=O) groups excluding carboxylic acids is 3. The minimum absolute atomic E-state index is 0.00576. The first-order valence-corrected chi connectivity index (χ1v) is 11.0. The van der Waals surface area contributed by atoms with Gasteiger partial charge in [-0.05, 0) is 42.0 Å². The van der Waals surface area contributed by atoms with Gasteiger partial charge in [0, 0.05) is 30.8 Å². The van der Waals surface area contributed by atoms with Gasteiger partial charge in [0.05, 0.1) is 13.2 Å². The van der Waals surface area contributed by atoms with Gasteiger partial charge in [0.25, 0.3) is 0 Å². The van der Waals surface area contributed by atoms with Gasteiger partial charge in [-0.25, -0.2) is 0 Å². The Morgan fingerprint density at radius 1 is 1.23 bits per heavy atom. The number of benzene rings is 1. The van der Waals surface area contributed by atoms with Crippen LogP contribution in [-0.4, -0.2) is 67.5 Å². The van der Waals surface area contributed by atoms with Crippen molar-refractivity contribution in [1.82, 2.24) is 9.80 Å². The lowest BCUT2D eigenvalue weighted by molar-refractivity contribution is -0.141. The lowest BCUT2D eigenvalue weighted by Crippen LogP contribution is -2.44. The Hall–Kier alpha value is -2.12. The Morgan fingerprint density at radius 3 is 2.45 bits per heavy atom. The van der Waals surface area contributed by atoms with E-state index in [4.69, 9.17) is 16.3 Å². The molecule has 7 nitrogen and oxygen atoms in total. The fourth-order valence-electron chi connectivity index (χ4n) is 3.86. The first-order chi connectivity index (χ1) is 14.5. The van der Waals surface area contributed by atoms with Crippen LogP contribution in [0.15, 0.2) is 24.3 Å². The summed E-state index contributed by atoms with van der Waals surface area (Å²) in [6.07, 6.45) is 1.30. The van der Waals surface area contributed by atoms with Crippen molar-refractivity contribution in [2.75, 3.05) is 44.9 Å². The molecular weight excluding hydrogens is 418 g/mol. The minimum Gasteiger partial charge on any atom is -0.383 e. The van der Waals surface area contributed by atoms with Crippen LogP contribution in [0.2, 0.25) is 5.02 Å². The van der Waals surface area contributed by atoms with Crippen LogP contribution in [0.25, 0.3) is 0 Å². The molecular formula is C23H34ClN3O4. The number of amides is 3. The highest BCUT2D eigenvalue weighted by Crippen LogP contribution is 2.26. The van der Waals surface area contributed by atoms with Gasteiger partial charge in [0.2, 0.25) is 17.7 Å². The van der Waals surface area contributed by atoms with Gasteiger partial charge in [-0.3, -0.25) is 19.3 Å². The van der Waals surface area contributed by atoms with Crippen LogP contribution in [0.4, 0.5) is 5.69 Å². The van der Waals surface area contributed by atoms with Gasteiger partial charge in [0.1, 0.15) is 13.2 Å². The highest BCUT2D eigenvalue weighted by atomic mass is 35.5. The molecule has 1 heterocycles. The predicted molar refractivity (Wildman–Crippen MR) is 122 cm³/mol. The Bertz CT molecular complexity index is 776. The molecule has 3 amide bonds. The molecule has 1 aromatic rings. The monoisotopic (exact) mass is 451 g/mol. The van der Waals surface area contributed by atoms with E-state index in [0.29, 0.717) is 30.3 Å². The zero-order chi connectivity index (χ0) is 23.2. The molecule has 1 unspecified atom stereocenters. The van der Waals surface area contributed by atoms with Gasteiger partial charge < -0.3 is 14.5 Å². The summed E-state index contributed by atoms with van der Waals surface area (Å²) < 4.78 is 5.12. The second kappa shape index (κ2) is 11.0. The first kappa shape index (κ1) is 25.1. The summed E-state index contributed by atoms with van der Waals surface area (Å²) in [6, 6.07) is 6.91. The maximum atomic E-state index is 12.9. The van der Waals surface area contributed by atoms with E-state index in [9.17, 15) is 14.4 Å². The molecule has 0 bridgehead atoms. The van der Waals surface area contributed by atoms with Crippen molar-refractivity contribution in [2.45, 2.75) is 40.5 Å². The largest absolute Gasteiger partial charge is 0.383 e. The Labute approximate surface area is 190 Å². The number of ether oxygens (including phenoxy) is 1. The molecule has 2 rings (SSSR count). The van der Waals surface area contributed by atoms with Gasteiger partial charge in [-0.1, -0.05) is 39.3 Å². The van der Waals surface area contributed by atoms with Crippen molar-refractivity contribution < 1.29 is 19.1 Å². The number of anilines is 1. The predicted octanol–water partition coefficient (Wildman–Crippen LogP) is 3.41. The van der Waals surface area contributed by atoms with E-state index in [1.165, 1.54) is 4.90 Å². The van der Waals surface area contributed by atoms with Gasteiger partial charge in [-0.2, -0.15) is 0 Å². The van der Waals surface area contributed by atoms with Crippen molar-refractivity contribution in [2.24, 2.45) is 11.3 Å². The quantitative estimate of drug-likeness (QED) is 0.576. The zero-order valence-corrected chi connectivity index (χ0v) is 19.9. The molecule has 0 aromatic heterocycles. The molecule has 31 heavy (non-hydrogen) atoms. The molecule has 0 spiro atoms. The second-order valence-corrected chi connectivity index (χ2v) is 9.85. The summed E-state index contributed by atoms with van der Waals surface area (Å²) in [7, 11) is 1.57. The highest BCUT2D eigenvalue weighted by Gasteiger charge is 2.33. The van der Waals surface area contributed by atoms with Crippen molar-refractivity contribution in [1.29, 1.82) is 0 Å². The van der Waals surface area contributed by atoms with E-state index in [1.807, 2.05) is 0 Å². The number of hydrogen-bond acceptors (Lipinski definition) is 4. The van der Waals surface area contributed by atoms with Crippen molar-refractivity contribution in [3.63, 3.8) is 0 Å². The molecule has 1 saturated heterocycles. The standard InChI is InChI=1S/C23H34ClN3O4/c1-17(13-23(2,3)4)12-20(28)25(10-11-31-5)14-21(29)26-15-22(30)27(16-26)19-8-6-18(24)7-9-19/h6-9,17H,10-16H2,1-5H3. The SMILES string of the molecule is COCCN(CC(=O)N1CC(=O)N(c2ccc(Cl)cc2)C1)C(=O)CC(C)CC(C)(C)C. The van der Waals surface area contributed by atoms with Crippen LogP contribution in [0.3, 0.4) is 0 Å². The average molecular weight is 452 g/mol. The maximum absolute atomic E-state index is 12.9. The molecule has 1 fully saturated rings. The molecule has 0 N–H and O–H groups in total. The topological polar surface area (TPSA) is 70.2 Å². The first-order valence-electron chi connectivity index (χ1n) is 10.6. The summed E-state index contributed by atoms with van der Waals surface area (Å²) in [5, 5.41) is 0.580. The highest BCUT2D eigenvalue weighted by molar-refractivity contribution is 6.30. The summed E-state index contributed by atoms with van der Waals surface area (Å²) in [4.78, 5) is 42.8. The lowest BCUT2D eigenvalue weighted by Gasteiger charge is -2.28. The molecule has 8 heteroatoms. The van der Waals surface area contributed by atoms with E-state index in [-0.39, 0.29) is 48.8 Å². The summed E-state index contributed by atoms with van der Waals surface area (Å²) in [5.74, 6) is -0.273. The van der Waals surface area contributed by atoms with E-state index < -0.39 is 0 Å². The molecule has 0 radical (unpaired) electrons. The van der Waals surface area contributed by atoms with E-state index >= 15 is 0 Å². The smallest absolute Gasteiger partial charge is 0.248 e. The molecule has 0 aliphatic carbocycles. The Balaban J connectivity index is 2.00. The Morgan fingerprint density at radius 2 is 1.87 bits per heavy atom. The molecule has 0 saturated carbocycles. The molecule has 1 aliphatic heterocycles. The third-order valence-electron chi connectivity index (χ3n) is 5.16. The number of rotatable bonds is 9. The zero-order valence-electron chi connectivity index (χ0n) is 19.2. The number of nitrogens with zero attached hydrogens (tertiary/aromatic N) is 3. The van der Waals surface area contributed by atoms with Crippen molar-refractivity contribution in [3.05, 3.63) is 29.3 Å². The maximum Gasteiger partial charge on any atom is 0.248 e. The second-order valence-electron chi connectivity index (χ2n) is 9.41. The number of hydrogen-bond donors (Lipinski definition) is 0. The van der Waals surface area contributed by atoms with Gasteiger partial charge in [0.15, 0.2) is 0 Å². The lowest BCUT2D eigenvalue weighted by atomic mass is 9.84. The third-order valence-corrected chi connectivity index (χ3v) is 5.41. The fraction of sp³-hybridized carbons (Fsp3) is 0.609. The fourth-order valence-corrected chi connectivity index (χ4v) is 3.99. The normalized spacial score (nSPS) is 15.4. The van der Waals surface area contributed by atoms with Crippen molar-refractivity contribution >= 4 is 35.0 Å². The average Bonchev–Trinajstić information content (AvgIpc) is 3.05. The van der Waals surface area contributed by atoms with Crippen LogP contribution in [0, 0.1) is 11.3 Å². The van der Waals surface area contributed by atoms with Crippen LogP contribution in [0.5, 0.6) is 0 Å². The van der Waals surface area contributed by atoms with Gasteiger partial charge in [-0.15, -0.1) is 0 Å². The van der Waals surface area contributed by atoms with Crippen LogP contribution < -0.4 is 4.90 Å². The number of methoxy groups -OCH3 is 1. The van der Waals surface area contributed by atoms with E-state index in [2.05, 4.69) is 27.7 Å². The summed E-state index contributed by atoms with van der Waals surface area (Å²) in [5.41, 5.74) is 0.821. The number of carbonyl (C=O) groups is 3. The third kappa shape index (κ3) is 7.82. The molecule has 1 aliphatic rings. The molecule has 172 valence electrons. The van der Waals surface area contributed by atoms with Crippen LogP contribution in [0.1, 0.15) is 40.5 Å². The molecule has 1 aromatic carbocycles. The summed E-state index contributed by atoms with van der Waals surface area (Å²) in [6.45, 7) is 9.29. The van der Waals surface area contributed by atoms with E-state index in [1.54, 1.807) is 41.2 Å². The number of halogens is 1.